The van der Waals surface area contributed by atoms with Gasteiger partial charge in [-0.25, -0.2) is 9.97 Å². The Labute approximate surface area is 146 Å². The Morgan fingerprint density at radius 2 is 1.76 bits per heavy atom. The van der Waals surface area contributed by atoms with Gasteiger partial charge in [0.05, 0.1) is 5.52 Å². The Kier molecular flexibility index (Phi) is 3.86. The summed E-state index contributed by atoms with van der Waals surface area (Å²) in [6.07, 6.45) is 3.61. The van der Waals surface area contributed by atoms with Crippen LogP contribution in [-0.2, 0) is 0 Å². The number of aryl methyl sites for hydroxylation is 2. The molecule has 0 saturated carbocycles. The molecule has 25 heavy (non-hydrogen) atoms. The molecule has 0 spiro atoms. The van der Waals surface area contributed by atoms with Crippen molar-refractivity contribution < 1.29 is 0 Å². The smallest absolute Gasteiger partial charge is 0.162 e. The van der Waals surface area contributed by atoms with Gasteiger partial charge in [-0.2, -0.15) is 0 Å². The summed E-state index contributed by atoms with van der Waals surface area (Å²) in [6, 6.07) is 18.3. The molecular weight excluding hydrogens is 308 g/mol. The fourth-order valence-electron chi connectivity index (χ4n) is 2.88. The SMILES string of the molecule is Cc1cccc(Nc2nc(-c3ccncc3C)nc3ccccc23)c1. The van der Waals surface area contributed by atoms with E-state index in [4.69, 9.17) is 9.97 Å². The van der Waals surface area contributed by atoms with Crippen molar-refractivity contribution in [3.05, 3.63) is 78.1 Å². The highest BCUT2D eigenvalue weighted by atomic mass is 15.0. The van der Waals surface area contributed by atoms with Crippen molar-refractivity contribution in [2.45, 2.75) is 13.8 Å². The van der Waals surface area contributed by atoms with E-state index >= 15 is 0 Å². The number of hydrogen-bond acceptors (Lipinski definition) is 4. The van der Waals surface area contributed by atoms with Gasteiger partial charge in [0.25, 0.3) is 0 Å². The highest BCUT2D eigenvalue weighted by Crippen LogP contribution is 2.28. The Morgan fingerprint density at radius 1 is 0.880 bits per heavy atom. The molecule has 0 aliphatic rings. The van der Waals surface area contributed by atoms with Crippen LogP contribution >= 0.6 is 0 Å². The lowest BCUT2D eigenvalue weighted by atomic mass is 10.1. The molecule has 0 atom stereocenters. The summed E-state index contributed by atoms with van der Waals surface area (Å²) in [5, 5.41) is 4.45. The highest BCUT2D eigenvalue weighted by Gasteiger charge is 2.11. The maximum atomic E-state index is 4.81. The fourth-order valence-corrected chi connectivity index (χ4v) is 2.88. The number of fused-ring (bicyclic) bond motifs is 1. The molecule has 0 saturated heterocycles. The molecule has 2 aromatic heterocycles. The van der Waals surface area contributed by atoms with E-state index in [1.54, 1.807) is 6.20 Å². The van der Waals surface area contributed by atoms with Crippen LogP contribution in [0.25, 0.3) is 22.3 Å². The van der Waals surface area contributed by atoms with Crippen molar-refractivity contribution in [1.29, 1.82) is 0 Å². The van der Waals surface area contributed by atoms with E-state index in [0.29, 0.717) is 5.82 Å². The van der Waals surface area contributed by atoms with Crippen LogP contribution in [-0.4, -0.2) is 15.0 Å². The number of anilines is 2. The molecule has 0 bridgehead atoms. The van der Waals surface area contributed by atoms with E-state index in [-0.39, 0.29) is 0 Å². The molecule has 0 unspecified atom stereocenters. The summed E-state index contributed by atoms with van der Waals surface area (Å²) in [6.45, 7) is 4.10. The average molecular weight is 326 g/mol. The van der Waals surface area contributed by atoms with Crippen LogP contribution in [0.15, 0.2) is 67.0 Å². The van der Waals surface area contributed by atoms with E-state index in [2.05, 4.69) is 29.4 Å². The van der Waals surface area contributed by atoms with Gasteiger partial charge in [-0.15, -0.1) is 0 Å². The normalized spacial score (nSPS) is 10.8. The fraction of sp³-hybridized carbons (Fsp3) is 0.0952. The minimum atomic E-state index is 0.703. The lowest BCUT2D eigenvalue weighted by Gasteiger charge is -2.12. The molecule has 1 N–H and O–H groups in total. The van der Waals surface area contributed by atoms with Gasteiger partial charge >= 0.3 is 0 Å². The molecule has 2 heterocycles. The number of nitrogens with zero attached hydrogens (tertiary/aromatic N) is 3. The van der Waals surface area contributed by atoms with Gasteiger partial charge in [0, 0.05) is 29.0 Å². The maximum absolute atomic E-state index is 4.81. The Balaban J connectivity index is 1.89. The molecule has 4 aromatic rings. The molecule has 0 fully saturated rings. The number of para-hydroxylation sites is 1. The predicted molar refractivity (Wildman–Crippen MR) is 102 cm³/mol. The van der Waals surface area contributed by atoms with Crippen molar-refractivity contribution in [2.75, 3.05) is 5.32 Å². The van der Waals surface area contributed by atoms with Crippen LogP contribution in [0.3, 0.4) is 0 Å². The number of nitrogens with one attached hydrogen (secondary N) is 1. The van der Waals surface area contributed by atoms with Crippen LogP contribution in [0.2, 0.25) is 0 Å². The zero-order chi connectivity index (χ0) is 17.2. The average Bonchev–Trinajstić information content (AvgIpc) is 2.62. The van der Waals surface area contributed by atoms with Gasteiger partial charge in [0.15, 0.2) is 5.82 Å². The highest BCUT2D eigenvalue weighted by molar-refractivity contribution is 5.92. The molecule has 122 valence electrons. The first kappa shape index (κ1) is 15.3. The number of benzene rings is 2. The summed E-state index contributed by atoms with van der Waals surface area (Å²) in [5.74, 6) is 1.51. The monoisotopic (exact) mass is 326 g/mol. The van der Waals surface area contributed by atoms with E-state index in [1.165, 1.54) is 5.56 Å². The standard InChI is InChI=1S/C21H18N4/c1-14-6-5-7-16(12-14)23-21-18-8-3-4-9-19(18)24-20(25-21)17-10-11-22-13-15(17)2/h3-13H,1-2H3,(H,23,24,25). The molecule has 4 nitrogen and oxygen atoms in total. The first-order valence-electron chi connectivity index (χ1n) is 8.22. The van der Waals surface area contributed by atoms with Crippen LogP contribution in [0.4, 0.5) is 11.5 Å². The summed E-state index contributed by atoms with van der Waals surface area (Å²) in [7, 11) is 0. The summed E-state index contributed by atoms with van der Waals surface area (Å²) in [5.41, 5.74) is 5.18. The molecule has 4 rings (SSSR count). The zero-order valence-electron chi connectivity index (χ0n) is 14.2. The molecular formula is C21H18N4. The molecule has 0 radical (unpaired) electrons. The number of pyridine rings is 1. The van der Waals surface area contributed by atoms with Crippen LogP contribution in [0.5, 0.6) is 0 Å². The van der Waals surface area contributed by atoms with Gasteiger partial charge in [0.2, 0.25) is 0 Å². The Bertz CT molecular complexity index is 1060. The zero-order valence-corrected chi connectivity index (χ0v) is 14.2. The lowest BCUT2D eigenvalue weighted by molar-refractivity contribution is 1.19. The second-order valence-corrected chi connectivity index (χ2v) is 6.10. The van der Waals surface area contributed by atoms with Crippen molar-refractivity contribution in [1.82, 2.24) is 15.0 Å². The first-order chi connectivity index (χ1) is 12.2. The van der Waals surface area contributed by atoms with E-state index < -0.39 is 0 Å². The van der Waals surface area contributed by atoms with Crippen molar-refractivity contribution >= 4 is 22.4 Å². The maximum Gasteiger partial charge on any atom is 0.162 e. The molecule has 0 aliphatic heterocycles. The second kappa shape index (κ2) is 6.32. The van der Waals surface area contributed by atoms with Crippen molar-refractivity contribution in [2.24, 2.45) is 0 Å². The minimum Gasteiger partial charge on any atom is -0.340 e. The minimum absolute atomic E-state index is 0.703. The van der Waals surface area contributed by atoms with Crippen LogP contribution in [0.1, 0.15) is 11.1 Å². The van der Waals surface area contributed by atoms with Crippen molar-refractivity contribution in [3.63, 3.8) is 0 Å². The Morgan fingerprint density at radius 3 is 2.60 bits per heavy atom. The van der Waals surface area contributed by atoms with Gasteiger partial charge in [-0.3, -0.25) is 4.98 Å². The van der Waals surface area contributed by atoms with Gasteiger partial charge < -0.3 is 5.32 Å². The third kappa shape index (κ3) is 3.06. The molecule has 2 aromatic carbocycles. The van der Waals surface area contributed by atoms with E-state index in [0.717, 1.165) is 33.5 Å². The second-order valence-electron chi connectivity index (χ2n) is 6.10. The topological polar surface area (TPSA) is 50.7 Å². The number of hydrogen-bond donors (Lipinski definition) is 1. The molecule has 0 aliphatic carbocycles. The van der Waals surface area contributed by atoms with E-state index in [1.807, 2.05) is 55.6 Å². The largest absolute Gasteiger partial charge is 0.340 e. The van der Waals surface area contributed by atoms with Crippen LogP contribution < -0.4 is 5.32 Å². The lowest BCUT2D eigenvalue weighted by Crippen LogP contribution is -2.00. The van der Waals surface area contributed by atoms with E-state index in [9.17, 15) is 0 Å². The number of aromatic nitrogens is 3. The molecule has 0 amide bonds. The first-order valence-corrected chi connectivity index (χ1v) is 8.22. The van der Waals surface area contributed by atoms with Crippen LogP contribution in [0, 0.1) is 13.8 Å². The van der Waals surface area contributed by atoms with Gasteiger partial charge in [-0.1, -0.05) is 24.3 Å². The summed E-state index contributed by atoms with van der Waals surface area (Å²) < 4.78 is 0. The van der Waals surface area contributed by atoms with Crippen molar-refractivity contribution in [3.8, 4) is 11.4 Å². The predicted octanol–water partition coefficient (Wildman–Crippen LogP) is 5.05. The molecule has 4 heteroatoms. The third-order valence-corrected chi connectivity index (χ3v) is 4.15. The summed E-state index contributed by atoms with van der Waals surface area (Å²) >= 11 is 0. The van der Waals surface area contributed by atoms with Gasteiger partial charge in [0.1, 0.15) is 5.82 Å². The Hall–Kier alpha value is -3.27. The number of rotatable bonds is 3. The third-order valence-electron chi connectivity index (χ3n) is 4.15. The van der Waals surface area contributed by atoms with Gasteiger partial charge in [-0.05, 0) is 55.3 Å². The summed E-state index contributed by atoms with van der Waals surface area (Å²) in [4.78, 5) is 13.7. The quantitative estimate of drug-likeness (QED) is 0.572.